The molecule has 1 aromatic heterocycles. The van der Waals surface area contributed by atoms with E-state index in [0.717, 1.165) is 36.2 Å². The normalized spacial score (nSPS) is 15.3. The molecule has 0 unspecified atom stereocenters. The number of aryl methyl sites for hydroxylation is 1. The summed E-state index contributed by atoms with van der Waals surface area (Å²) < 4.78 is 0. The Balaban J connectivity index is 1.86. The lowest BCUT2D eigenvalue weighted by Gasteiger charge is -2.22. The van der Waals surface area contributed by atoms with E-state index in [1.807, 2.05) is 25.1 Å². The second kappa shape index (κ2) is 7.37. The molecule has 0 spiro atoms. The first-order valence-electron chi connectivity index (χ1n) is 7.95. The quantitative estimate of drug-likeness (QED) is 0.824. The molecule has 1 saturated heterocycles. The number of hydrogen-bond donors (Lipinski definition) is 1. The van der Waals surface area contributed by atoms with Gasteiger partial charge >= 0.3 is 0 Å². The average Bonchev–Trinajstić information content (AvgIpc) is 2.80. The van der Waals surface area contributed by atoms with E-state index in [-0.39, 0.29) is 0 Å². The van der Waals surface area contributed by atoms with Gasteiger partial charge in [0, 0.05) is 19.2 Å². The fourth-order valence-corrected chi connectivity index (χ4v) is 3.16. The molecule has 1 aliphatic rings. The van der Waals surface area contributed by atoms with Gasteiger partial charge in [-0.15, -0.1) is 0 Å². The lowest BCUT2D eigenvalue weighted by atomic mass is 10.2. The van der Waals surface area contributed by atoms with Crippen molar-refractivity contribution in [3.63, 3.8) is 0 Å². The van der Waals surface area contributed by atoms with E-state index in [1.54, 1.807) is 6.07 Å². The van der Waals surface area contributed by atoms with Gasteiger partial charge in [-0.2, -0.15) is 0 Å². The van der Waals surface area contributed by atoms with Crippen molar-refractivity contribution in [2.45, 2.75) is 32.6 Å². The smallest absolute Gasteiger partial charge is 0.136 e. The van der Waals surface area contributed by atoms with E-state index in [9.17, 15) is 0 Å². The van der Waals surface area contributed by atoms with Crippen LogP contribution in [-0.2, 0) is 0 Å². The summed E-state index contributed by atoms with van der Waals surface area (Å²) in [5.41, 5.74) is 0.749. The molecule has 2 aromatic rings. The van der Waals surface area contributed by atoms with E-state index in [0.29, 0.717) is 10.0 Å². The Kier molecular flexibility index (Phi) is 5.23. The largest absolute Gasteiger partial charge is 0.356 e. The molecule has 0 aliphatic carbocycles. The van der Waals surface area contributed by atoms with Crippen molar-refractivity contribution in [3.05, 3.63) is 40.1 Å². The summed E-state index contributed by atoms with van der Waals surface area (Å²) in [7, 11) is 0. The van der Waals surface area contributed by atoms with Gasteiger partial charge in [0.25, 0.3) is 0 Å². The molecule has 0 saturated carbocycles. The summed E-state index contributed by atoms with van der Waals surface area (Å²) in [5.74, 6) is 2.45. The molecule has 122 valence electrons. The van der Waals surface area contributed by atoms with Crippen molar-refractivity contribution in [2.24, 2.45) is 0 Å². The minimum absolute atomic E-state index is 0.502. The van der Waals surface area contributed by atoms with Gasteiger partial charge in [-0.1, -0.05) is 42.1 Å². The molecule has 0 radical (unpaired) electrons. The van der Waals surface area contributed by atoms with Crippen molar-refractivity contribution < 1.29 is 0 Å². The summed E-state index contributed by atoms with van der Waals surface area (Å²) in [6, 6.07) is 7.50. The Morgan fingerprint density at radius 1 is 1.04 bits per heavy atom. The monoisotopic (exact) mass is 350 g/mol. The highest BCUT2D eigenvalue weighted by molar-refractivity contribution is 6.43. The fourth-order valence-electron chi connectivity index (χ4n) is 2.82. The predicted octanol–water partition coefficient (Wildman–Crippen LogP) is 5.22. The number of hydrogen-bond acceptors (Lipinski definition) is 4. The molecule has 1 N–H and O–H groups in total. The topological polar surface area (TPSA) is 41.1 Å². The molecule has 0 atom stereocenters. The minimum Gasteiger partial charge on any atom is -0.356 e. The second-order valence-corrected chi connectivity index (χ2v) is 6.57. The zero-order valence-electron chi connectivity index (χ0n) is 13.1. The third-order valence-electron chi connectivity index (χ3n) is 3.97. The highest BCUT2D eigenvalue weighted by Gasteiger charge is 2.14. The van der Waals surface area contributed by atoms with Crippen LogP contribution in [0.1, 0.15) is 31.5 Å². The molecular weight excluding hydrogens is 331 g/mol. The van der Waals surface area contributed by atoms with E-state index in [2.05, 4.69) is 20.2 Å². The van der Waals surface area contributed by atoms with E-state index in [1.165, 1.54) is 25.7 Å². The molecule has 0 bridgehead atoms. The Morgan fingerprint density at radius 2 is 1.78 bits per heavy atom. The first kappa shape index (κ1) is 16.3. The van der Waals surface area contributed by atoms with Crippen molar-refractivity contribution in [3.8, 4) is 0 Å². The number of nitrogens with one attached hydrogen (secondary N) is 1. The number of anilines is 3. The summed E-state index contributed by atoms with van der Waals surface area (Å²) in [5, 5.41) is 4.28. The van der Waals surface area contributed by atoms with Gasteiger partial charge in [0.15, 0.2) is 0 Å². The Bertz CT molecular complexity index is 682. The van der Waals surface area contributed by atoms with E-state index < -0.39 is 0 Å². The maximum absolute atomic E-state index is 6.24. The highest BCUT2D eigenvalue weighted by atomic mass is 35.5. The first-order valence-corrected chi connectivity index (χ1v) is 8.71. The van der Waals surface area contributed by atoms with E-state index in [4.69, 9.17) is 23.2 Å². The number of halogens is 2. The van der Waals surface area contributed by atoms with Crippen molar-refractivity contribution in [1.82, 2.24) is 9.97 Å². The lowest BCUT2D eigenvalue weighted by molar-refractivity contribution is 0.726. The molecule has 23 heavy (non-hydrogen) atoms. The SMILES string of the molecule is Cc1nc(Nc2cccc(Cl)c2Cl)cc(N2CCCCCC2)n1. The number of rotatable bonds is 3. The van der Waals surface area contributed by atoms with Crippen molar-refractivity contribution >= 4 is 40.5 Å². The summed E-state index contributed by atoms with van der Waals surface area (Å²) in [4.78, 5) is 11.4. The third-order valence-corrected chi connectivity index (χ3v) is 4.79. The van der Waals surface area contributed by atoms with Crippen LogP contribution in [-0.4, -0.2) is 23.1 Å². The van der Waals surface area contributed by atoms with E-state index >= 15 is 0 Å². The Morgan fingerprint density at radius 3 is 2.52 bits per heavy atom. The summed E-state index contributed by atoms with van der Waals surface area (Å²) >= 11 is 12.3. The summed E-state index contributed by atoms with van der Waals surface area (Å²) in [6.07, 6.45) is 5.02. The van der Waals surface area contributed by atoms with Gasteiger partial charge in [-0.3, -0.25) is 0 Å². The van der Waals surface area contributed by atoms with Crippen LogP contribution in [0, 0.1) is 6.92 Å². The Hall–Kier alpha value is -1.52. The molecule has 1 fully saturated rings. The predicted molar refractivity (Wildman–Crippen MR) is 97.2 cm³/mol. The van der Waals surface area contributed by atoms with Gasteiger partial charge in [0.2, 0.25) is 0 Å². The number of benzene rings is 1. The molecule has 1 aliphatic heterocycles. The average molecular weight is 351 g/mol. The van der Waals surface area contributed by atoms with Gasteiger partial charge < -0.3 is 10.2 Å². The number of nitrogens with zero attached hydrogens (tertiary/aromatic N) is 3. The van der Waals surface area contributed by atoms with Crippen LogP contribution in [0.15, 0.2) is 24.3 Å². The number of aromatic nitrogens is 2. The minimum atomic E-state index is 0.502. The molecular formula is C17H20Cl2N4. The van der Waals surface area contributed by atoms with Crippen LogP contribution in [0.2, 0.25) is 10.0 Å². The Labute approximate surface area is 146 Å². The van der Waals surface area contributed by atoms with Gasteiger partial charge in [-0.25, -0.2) is 9.97 Å². The first-order chi connectivity index (χ1) is 11.1. The van der Waals surface area contributed by atoms with Crippen LogP contribution < -0.4 is 10.2 Å². The third kappa shape index (κ3) is 4.06. The zero-order valence-corrected chi connectivity index (χ0v) is 14.7. The maximum atomic E-state index is 6.24. The second-order valence-electron chi connectivity index (χ2n) is 5.79. The van der Waals surface area contributed by atoms with Crippen LogP contribution in [0.4, 0.5) is 17.3 Å². The van der Waals surface area contributed by atoms with Crippen LogP contribution in [0.25, 0.3) is 0 Å². The standard InChI is InChI=1S/C17H20Cl2N4/c1-12-20-15(22-14-8-6-7-13(18)17(14)19)11-16(21-12)23-9-4-2-3-5-10-23/h6-8,11H,2-5,9-10H2,1H3,(H,20,21,22). The van der Waals surface area contributed by atoms with Crippen LogP contribution >= 0.6 is 23.2 Å². The lowest BCUT2D eigenvalue weighted by Crippen LogP contribution is -2.25. The molecule has 4 nitrogen and oxygen atoms in total. The van der Waals surface area contributed by atoms with Gasteiger partial charge in [0.1, 0.15) is 17.5 Å². The molecule has 1 aromatic carbocycles. The van der Waals surface area contributed by atoms with Crippen molar-refractivity contribution in [2.75, 3.05) is 23.3 Å². The molecule has 3 rings (SSSR count). The fraction of sp³-hybridized carbons (Fsp3) is 0.412. The van der Waals surface area contributed by atoms with Crippen LogP contribution in [0.5, 0.6) is 0 Å². The maximum Gasteiger partial charge on any atom is 0.136 e. The highest BCUT2D eigenvalue weighted by Crippen LogP contribution is 2.32. The zero-order chi connectivity index (χ0) is 16.2. The molecule has 6 heteroatoms. The van der Waals surface area contributed by atoms with Crippen LogP contribution in [0.3, 0.4) is 0 Å². The van der Waals surface area contributed by atoms with Gasteiger partial charge in [-0.05, 0) is 31.9 Å². The van der Waals surface area contributed by atoms with Gasteiger partial charge in [0.05, 0.1) is 15.7 Å². The van der Waals surface area contributed by atoms with Crippen molar-refractivity contribution in [1.29, 1.82) is 0 Å². The summed E-state index contributed by atoms with van der Waals surface area (Å²) in [6.45, 7) is 4.01. The molecule has 0 amide bonds. The molecule has 2 heterocycles.